The molecule has 186 valence electrons. The molecular formula is C28H30N4O3S. The standard InChI is InChI=1S/C28H30N4O3S/c1-35-26-13-15-27(16-14-26)36(33,34)31-18-23-9-5-6-10-28(23)32(19-24-17-29-21-30-24)25(20-31)12-11-22-7-3-2-4-8-22/h2-10,13-17,21,25H,11-12,18-20H2,1H3,(H,29,30)/t25-/m1/s1. The van der Waals surface area contributed by atoms with E-state index >= 15 is 0 Å². The van der Waals surface area contributed by atoms with Gasteiger partial charge in [-0.15, -0.1) is 0 Å². The lowest BCUT2D eigenvalue weighted by Gasteiger charge is -2.34. The third-order valence-electron chi connectivity index (χ3n) is 6.70. The summed E-state index contributed by atoms with van der Waals surface area (Å²) in [7, 11) is -2.15. The maximum Gasteiger partial charge on any atom is 0.243 e. The van der Waals surface area contributed by atoms with Crippen molar-refractivity contribution in [2.24, 2.45) is 0 Å². The summed E-state index contributed by atoms with van der Waals surface area (Å²) in [5.74, 6) is 0.627. The van der Waals surface area contributed by atoms with E-state index in [0.717, 1.165) is 29.8 Å². The van der Waals surface area contributed by atoms with Gasteiger partial charge in [-0.3, -0.25) is 0 Å². The van der Waals surface area contributed by atoms with Gasteiger partial charge in [0.2, 0.25) is 10.0 Å². The van der Waals surface area contributed by atoms with Crippen LogP contribution in [-0.4, -0.2) is 42.4 Å². The number of benzene rings is 3. The Hall–Kier alpha value is -3.62. The number of hydrogen-bond donors (Lipinski definition) is 1. The molecule has 0 amide bonds. The lowest BCUT2D eigenvalue weighted by atomic mass is 10.0. The maximum atomic E-state index is 13.8. The van der Waals surface area contributed by atoms with Gasteiger partial charge in [-0.25, -0.2) is 13.4 Å². The van der Waals surface area contributed by atoms with Gasteiger partial charge in [0.1, 0.15) is 5.75 Å². The van der Waals surface area contributed by atoms with Crippen LogP contribution in [0.5, 0.6) is 5.75 Å². The molecule has 5 rings (SSSR count). The van der Waals surface area contributed by atoms with E-state index in [1.807, 2.05) is 42.6 Å². The Bertz CT molecular complexity index is 1370. The van der Waals surface area contributed by atoms with Crippen LogP contribution >= 0.6 is 0 Å². The minimum atomic E-state index is -3.72. The molecule has 0 saturated heterocycles. The number of aromatic amines is 1. The number of hydrogen-bond acceptors (Lipinski definition) is 5. The van der Waals surface area contributed by atoms with Crippen molar-refractivity contribution in [2.75, 3.05) is 18.6 Å². The third kappa shape index (κ3) is 5.15. The number of ether oxygens (including phenoxy) is 1. The number of anilines is 1. The van der Waals surface area contributed by atoms with E-state index in [0.29, 0.717) is 25.4 Å². The van der Waals surface area contributed by atoms with Gasteiger partial charge in [-0.05, 0) is 54.3 Å². The number of rotatable bonds is 8. The normalized spacial score (nSPS) is 16.4. The Morgan fingerprint density at radius 3 is 2.47 bits per heavy atom. The number of aromatic nitrogens is 2. The van der Waals surface area contributed by atoms with Crippen LogP contribution < -0.4 is 9.64 Å². The minimum absolute atomic E-state index is 0.0369. The lowest BCUT2D eigenvalue weighted by molar-refractivity contribution is 0.370. The van der Waals surface area contributed by atoms with Crippen molar-refractivity contribution in [3.05, 3.63) is 108 Å². The predicted molar refractivity (Wildman–Crippen MR) is 140 cm³/mol. The minimum Gasteiger partial charge on any atom is -0.497 e. The fourth-order valence-corrected chi connectivity index (χ4v) is 6.24. The van der Waals surface area contributed by atoms with Crippen LogP contribution in [0.3, 0.4) is 0 Å². The summed E-state index contributed by atoms with van der Waals surface area (Å²) in [6.45, 7) is 1.31. The highest BCUT2D eigenvalue weighted by Gasteiger charge is 2.34. The molecule has 4 aromatic rings. The fraction of sp³-hybridized carbons (Fsp3) is 0.250. The zero-order valence-electron chi connectivity index (χ0n) is 20.2. The van der Waals surface area contributed by atoms with Gasteiger partial charge in [0.15, 0.2) is 0 Å². The molecule has 8 heteroatoms. The van der Waals surface area contributed by atoms with Gasteiger partial charge in [-0.1, -0.05) is 48.5 Å². The molecule has 7 nitrogen and oxygen atoms in total. The molecule has 1 aromatic heterocycles. The number of para-hydroxylation sites is 1. The number of H-pyrrole nitrogens is 1. The summed E-state index contributed by atoms with van der Waals surface area (Å²) in [4.78, 5) is 10.0. The second-order valence-electron chi connectivity index (χ2n) is 8.98. The third-order valence-corrected chi connectivity index (χ3v) is 8.53. The van der Waals surface area contributed by atoms with E-state index < -0.39 is 10.0 Å². The average molecular weight is 503 g/mol. The Morgan fingerprint density at radius 1 is 1.00 bits per heavy atom. The van der Waals surface area contributed by atoms with Gasteiger partial charge in [0.25, 0.3) is 0 Å². The van der Waals surface area contributed by atoms with Gasteiger partial charge in [0.05, 0.1) is 30.6 Å². The monoisotopic (exact) mass is 502 g/mol. The highest BCUT2D eigenvalue weighted by atomic mass is 32.2. The van der Waals surface area contributed by atoms with E-state index in [2.05, 4.69) is 33.1 Å². The summed E-state index contributed by atoms with van der Waals surface area (Å²) in [5, 5.41) is 0. The molecule has 1 atom stereocenters. The summed E-state index contributed by atoms with van der Waals surface area (Å²) in [6, 6.07) is 25.0. The molecule has 1 aliphatic rings. The molecule has 1 aliphatic heterocycles. The zero-order valence-corrected chi connectivity index (χ0v) is 21.1. The molecule has 0 unspecified atom stereocenters. The quantitative estimate of drug-likeness (QED) is 0.380. The van der Waals surface area contributed by atoms with Gasteiger partial charge >= 0.3 is 0 Å². The first-order valence-corrected chi connectivity index (χ1v) is 13.5. The number of methoxy groups -OCH3 is 1. The van der Waals surface area contributed by atoms with Crippen LogP contribution in [0.25, 0.3) is 0 Å². The summed E-state index contributed by atoms with van der Waals surface area (Å²) < 4.78 is 34.5. The first kappa shape index (κ1) is 24.1. The summed E-state index contributed by atoms with van der Waals surface area (Å²) in [6.07, 6.45) is 5.16. The van der Waals surface area contributed by atoms with E-state index in [4.69, 9.17) is 4.74 Å². The molecule has 0 bridgehead atoms. The number of imidazole rings is 1. The average Bonchev–Trinajstić information content (AvgIpc) is 3.37. The van der Waals surface area contributed by atoms with Crippen molar-refractivity contribution in [1.82, 2.24) is 14.3 Å². The molecule has 0 radical (unpaired) electrons. The van der Waals surface area contributed by atoms with Crippen LogP contribution in [-0.2, 0) is 29.5 Å². The second-order valence-corrected chi connectivity index (χ2v) is 10.9. The van der Waals surface area contributed by atoms with Crippen molar-refractivity contribution in [3.8, 4) is 5.75 Å². The highest BCUT2D eigenvalue weighted by Crippen LogP contribution is 2.33. The van der Waals surface area contributed by atoms with Crippen molar-refractivity contribution in [3.63, 3.8) is 0 Å². The van der Waals surface area contributed by atoms with E-state index in [1.165, 1.54) is 5.56 Å². The zero-order chi connectivity index (χ0) is 25.0. The molecule has 0 saturated carbocycles. The Kier molecular flexibility index (Phi) is 7.06. The smallest absolute Gasteiger partial charge is 0.243 e. The van der Waals surface area contributed by atoms with E-state index in [-0.39, 0.29) is 10.9 Å². The number of nitrogens with zero attached hydrogens (tertiary/aromatic N) is 3. The molecular weight excluding hydrogens is 472 g/mol. The van der Waals surface area contributed by atoms with Gasteiger partial charge in [-0.2, -0.15) is 4.31 Å². The van der Waals surface area contributed by atoms with Gasteiger partial charge < -0.3 is 14.6 Å². The van der Waals surface area contributed by atoms with Crippen LogP contribution in [0.15, 0.2) is 96.3 Å². The first-order chi connectivity index (χ1) is 17.5. The highest BCUT2D eigenvalue weighted by molar-refractivity contribution is 7.89. The second kappa shape index (κ2) is 10.6. The Balaban J connectivity index is 1.52. The van der Waals surface area contributed by atoms with Crippen LogP contribution in [0.4, 0.5) is 5.69 Å². The molecule has 36 heavy (non-hydrogen) atoms. The van der Waals surface area contributed by atoms with Crippen molar-refractivity contribution < 1.29 is 13.2 Å². The SMILES string of the molecule is COc1ccc(S(=O)(=O)N2Cc3ccccc3N(Cc3cnc[nH]3)[C@H](CCc3ccccc3)C2)cc1. The van der Waals surface area contributed by atoms with E-state index in [9.17, 15) is 8.42 Å². The lowest BCUT2D eigenvalue weighted by Crippen LogP contribution is -2.43. The van der Waals surface area contributed by atoms with Crippen molar-refractivity contribution >= 4 is 15.7 Å². The largest absolute Gasteiger partial charge is 0.497 e. The van der Waals surface area contributed by atoms with Gasteiger partial charge in [0, 0.05) is 31.0 Å². The van der Waals surface area contributed by atoms with E-state index in [1.54, 1.807) is 42.0 Å². The van der Waals surface area contributed by atoms with Crippen LogP contribution in [0.2, 0.25) is 0 Å². The number of fused-ring (bicyclic) bond motifs is 1. The number of aryl methyl sites for hydroxylation is 1. The van der Waals surface area contributed by atoms with Crippen LogP contribution in [0, 0.1) is 0 Å². The number of nitrogens with one attached hydrogen (secondary N) is 1. The molecule has 0 spiro atoms. The van der Waals surface area contributed by atoms with Crippen LogP contribution in [0.1, 0.15) is 23.2 Å². The Labute approximate surface area is 212 Å². The van der Waals surface area contributed by atoms with Crippen molar-refractivity contribution in [2.45, 2.75) is 36.9 Å². The molecule has 2 heterocycles. The summed E-state index contributed by atoms with van der Waals surface area (Å²) in [5.41, 5.74) is 4.26. The maximum absolute atomic E-state index is 13.8. The predicted octanol–water partition coefficient (Wildman–Crippen LogP) is 4.63. The molecule has 0 fully saturated rings. The molecule has 0 aliphatic carbocycles. The number of sulfonamides is 1. The first-order valence-electron chi connectivity index (χ1n) is 12.0. The molecule has 1 N–H and O–H groups in total. The summed E-state index contributed by atoms with van der Waals surface area (Å²) >= 11 is 0. The Morgan fingerprint density at radius 2 is 1.75 bits per heavy atom. The topological polar surface area (TPSA) is 78.5 Å². The molecule has 3 aromatic carbocycles. The fourth-order valence-electron chi connectivity index (χ4n) is 4.78. The van der Waals surface area contributed by atoms with Crippen molar-refractivity contribution in [1.29, 1.82) is 0 Å².